The van der Waals surface area contributed by atoms with E-state index in [1.807, 2.05) is 0 Å². The van der Waals surface area contributed by atoms with Crippen molar-refractivity contribution >= 4 is 31.9 Å². The molecule has 11 heavy (non-hydrogen) atoms. The third kappa shape index (κ3) is 2.73. The van der Waals surface area contributed by atoms with E-state index in [2.05, 4.69) is 31.9 Å². The summed E-state index contributed by atoms with van der Waals surface area (Å²) in [4.78, 5) is 0. The van der Waals surface area contributed by atoms with Gasteiger partial charge in [0.2, 0.25) is 0 Å². The molecule has 0 aliphatic heterocycles. The zero-order chi connectivity index (χ0) is 8.16. The van der Waals surface area contributed by atoms with Gasteiger partial charge in [0.1, 0.15) is 0 Å². The fourth-order valence-electron chi connectivity index (χ4n) is 1.78. The first-order chi connectivity index (χ1) is 5.33. The highest BCUT2D eigenvalue weighted by molar-refractivity contribution is 9.09. The van der Waals surface area contributed by atoms with Gasteiger partial charge in [0.05, 0.1) is 0 Å². The number of rotatable bonds is 2. The van der Waals surface area contributed by atoms with Gasteiger partial charge in [-0.05, 0) is 18.3 Å². The molecule has 0 amide bonds. The van der Waals surface area contributed by atoms with Crippen LogP contribution >= 0.6 is 31.9 Å². The van der Waals surface area contributed by atoms with Crippen LogP contribution in [0.3, 0.4) is 0 Å². The molecule has 1 saturated carbocycles. The molecule has 1 aliphatic rings. The first-order valence-corrected chi connectivity index (χ1v) is 6.69. The molecule has 0 aromatic heterocycles. The van der Waals surface area contributed by atoms with Gasteiger partial charge in [-0.2, -0.15) is 0 Å². The number of halogens is 2. The Morgan fingerprint density at radius 2 is 1.27 bits per heavy atom. The van der Waals surface area contributed by atoms with Crippen LogP contribution in [0.25, 0.3) is 0 Å². The van der Waals surface area contributed by atoms with Gasteiger partial charge >= 0.3 is 0 Å². The van der Waals surface area contributed by atoms with E-state index in [0.717, 1.165) is 0 Å². The van der Waals surface area contributed by atoms with Crippen LogP contribution in [0.2, 0.25) is 0 Å². The van der Waals surface area contributed by atoms with Crippen LogP contribution in [0.15, 0.2) is 0 Å². The third-order valence-corrected chi connectivity index (χ3v) is 5.11. The fraction of sp³-hybridized carbons (Fsp3) is 1.00. The van der Waals surface area contributed by atoms with Crippen molar-refractivity contribution in [3.05, 3.63) is 0 Å². The standard InChI is InChI=1S/C9H16Br2/c10-7-9(8-11)5-3-1-2-4-6-9/h1-8H2. The molecule has 66 valence electrons. The second kappa shape index (κ2) is 4.86. The molecule has 1 fully saturated rings. The molecule has 2 heteroatoms. The van der Waals surface area contributed by atoms with Crippen LogP contribution < -0.4 is 0 Å². The number of hydrogen-bond donors (Lipinski definition) is 0. The van der Waals surface area contributed by atoms with Gasteiger partial charge < -0.3 is 0 Å². The normalized spacial score (nSPS) is 24.5. The molecule has 0 aromatic carbocycles. The Morgan fingerprint density at radius 1 is 0.818 bits per heavy atom. The second-order valence-corrected chi connectivity index (χ2v) is 4.80. The topological polar surface area (TPSA) is 0 Å². The summed E-state index contributed by atoms with van der Waals surface area (Å²) in [5.74, 6) is 0. The monoisotopic (exact) mass is 282 g/mol. The molecule has 0 nitrogen and oxygen atoms in total. The molecule has 0 atom stereocenters. The maximum Gasteiger partial charge on any atom is 0.00959 e. The molecule has 0 spiro atoms. The third-order valence-electron chi connectivity index (χ3n) is 2.73. The minimum Gasteiger partial charge on any atom is -0.0922 e. The van der Waals surface area contributed by atoms with Crippen LogP contribution in [0.5, 0.6) is 0 Å². The van der Waals surface area contributed by atoms with Gasteiger partial charge in [0.15, 0.2) is 0 Å². The van der Waals surface area contributed by atoms with Gasteiger partial charge in [-0.1, -0.05) is 57.5 Å². The molecule has 0 unspecified atom stereocenters. The fourth-order valence-corrected chi connectivity index (χ4v) is 3.83. The Hall–Kier alpha value is 0.960. The zero-order valence-electron chi connectivity index (χ0n) is 6.91. The zero-order valence-corrected chi connectivity index (χ0v) is 10.1. The van der Waals surface area contributed by atoms with Crippen molar-refractivity contribution in [1.29, 1.82) is 0 Å². The molecule has 0 heterocycles. The summed E-state index contributed by atoms with van der Waals surface area (Å²) >= 11 is 7.27. The van der Waals surface area contributed by atoms with Crippen LogP contribution in [-0.4, -0.2) is 10.7 Å². The van der Waals surface area contributed by atoms with Crippen molar-refractivity contribution in [3.63, 3.8) is 0 Å². The van der Waals surface area contributed by atoms with Gasteiger partial charge in [-0.3, -0.25) is 0 Å². The molecular formula is C9H16Br2. The maximum atomic E-state index is 3.63. The van der Waals surface area contributed by atoms with E-state index in [1.165, 1.54) is 49.2 Å². The largest absolute Gasteiger partial charge is 0.0922 e. The lowest BCUT2D eigenvalue weighted by atomic mass is 9.85. The van der Waals surface area contributed by atoms with E-state index < -0.39 is 0 Å². The second-order valence-electron chi connectivity index (χ2n) is 3.68. The van der Waals surface area contributed by atoms with E-state index in [4.69, 9.17) is 0 Å². The smallest absolute Gasteiger partial charge is 0.00959 e. The SMILES string of the molecule is BrCC1(CBr)CCCCCC1. The predicted molar refractivity (Wildman–Crippen MR) is 57.7 cm³/mol. The van der Waals surface area contributed by atoms with Gasteiger partial charge in [0.25, 0.3) is 0 Å². The van der Waals surface area contributed by atoms with Crippen molar-refractivity contribution < 1.29 is 0 Å². The lowest BCUT2D eigenvalue weighted by Crippen LogP contribution is -2.23. The van der Waals surface area contributed by atoms with E-state index in [1.54, 1.807) is 0 Å². The Morgan fingerprint density at radius 3 is 1.64 bits per heavy atom. The molecule has 0 radical (unpaired) electrons. The minimum atomic E-state index is 0.580. The van der Waals surface area contributed by atoms with Crippen LogP contribution in [-0.2, 0) is 0 Å². The number of hydrogen-bond acceptors (Lipinski definition) is 0. The molecule has 0 saturated heterocycles. The Labute approximate surface area is 86.4 Å². The molecule has 0 N–H and O–H groups in total. The van der Waals surface area contributed by atoms with E-state index in [0.29, 0.717) is 5.41 Å². The maximum absolute atomic E-state index is 3.63. The molecular weight excluding hydrogens is 268 g/mol. The van der Waals surface area contributed by atoms with Crippen molar-refractivity contribution in [2.45, 2.75) is 38.5 Å². The van der Waals surface area contributed by atoms with Crippen LogP contribution in [0.4, 0.5) is 0 Å². The average molecular weight is 284 g/mol. The van der Waals surface area contributed by atoms with Gasteiger partial charge in [-0.15, -0.1) is 0 Å². The first-order valence-electron chi connectivity index (χ1n) is 4.45. The summed E-state index contributed by atoms with van der Waals surface area (Å²) in [6.45, 7) is 0. The lowest BCUT2D eigenvalue weighted by Gasteiger charge is -2.27. The summed E-state index contributed by atoms with van der Waals surface area (Å²) in [6, 6.07) is 0. The summed E-state index contributed by atoms with van der Waals surface area (Å²) in [5.41, 5.74) is 0.580. The summed E-state index contributed by atoms with van der Waals surface area (Å²) in [6.07, 6.45) is 8.56. The lowest BCUT2D eigenvalue weighted by molar-refractivity contribution is 0.337. The highest BCUT2D eigenvalue weighted by Crippen LogP contribution is 2.37. The molecule has 0 bridgehead atoms. The summed E-state index contributed by atoms with van der Waals surface area (Å²) in [7, 11) is 0. The van der Waals surface area contributed by atoms with Crippen LogP contribution in [0.1, 0.15) is 38.5 Å². The Kier molecular flexibility index (Phi) is 4.44. The van der Waals surface area contributed by atoms with Crippen LogP contribution in [0, 0.1) is 5.41 Å². The highest BCUT2D eigenvalue weighted by atomic mass is 79.9. The quantitative estimate of drug-likeness (QED) is 0.528. The Bertz CT molecular complexity index is 98.1. The van der Waals surface area contributed by atoms with E-state index in [-0.39, 0.29) is 0 Å². The van der Waals surface area contributed by atoms with E-state index in [9.17, 15) is 0 Å². The predicted octanol–water partition coefficient (Wildman–Crippen LogP) is 4.12. The molecule has 1 rings (SSSR count). The average Bonchev–Trinajstić information content (AvgIpc) is 2.30. The van der Waals surface area contributed by atoms with Crippen molar-refractivity contribution in [2.24, 2.45) is 5.41 Å². The first kappa shape index (κ1) is 10.0. The molecule has 0 aromatic rings. The summed E-state index contributed by atoms with van der Waals surface area (Å²) in [5, 5.41) is 2.34. The van der Waals surface area contributed by atoms with Crippen molar-refractivity contribution in [3.8, 4) is 0 Å². The molecule has 1 aliphatic carbocycles. The van der Waals surface area contributed by atoms with E-state index >= 15 is 0 Å². The van der Waals surface area contributed by atoms with Gasteiger partial charge in [-0.25, -0.2) is 0 Å². The van der Waals surface area contributed by atoms with Crippen molar-refractivity contribution in [2.75, 3.05) is 10.7 Å². The number of alkyl halides is 2. The highest BCUT2D eigenvalue weighted by Gasteiger charge is 2.28. The summed E-state index contributed by atoms with van der Waals surface area (Å²) < 4.78 is 0. The Balaban J connectivity index is 2.49. The van der Waals surface area contributed by atoms with Crippen molar-refractivity contribution in [1.82, 2.24) is 0 Å². The van der Waals surface area contributed by atoms with Gasteiger partial charge in [0, 0.05) is 10.7 Å². The minimum absolute atomic E-state index is 0.580.